The first-order chi connectivity index (χ1) is 6.37. The number of aliphatic carboxylic acids is 1. The highest BCUT2D eigenvalue weighted by atomic mass is 35.5. The predicted molar refractivity (Wildman–Crippen MR) is 57.1 cm³/mol. The van der Waals surface area contributed by atoms with E-state index in [1.165, 1.54) is 0 Å². The molecule has 78 valence electrons. The minimum atomic E-state index is -0.712. The molecular formula is C11H15ClO2. The number of rotatable bonds is 3. The average Bonchev–Trinajstić information content (AvgIpc) is 2.52. The van der Waals surface area contributed by atoms with Crippen LogP contribution in [0.4, 0.5) is 0 Å². The summed E-state index contributed by atoms with van der Waals surface area (Å²) in [4.78, 5) is 10.8. The van der Waals surface area contributed by atoms with Crippen LogP contribution in [-0.2, 0) is 4.79 Å². The van der Waals surface area contributed by atoms with Gasteiger partial charge in [0, 0.05) is 5.03 Å². The molecule has 0 spiro atoms. The van der Waals surface area contributed by atoms with Crippen molar-refractivity contribution in [3.05, 3.63) is 23.3 Å². The summed E-state index contributed by atoms with van der Waals surface area (Å²) in [5, 5.41) is 9.59. The van der Waals surface area contributed by atoms with Crippen molar-refractivity contribution in [3.63, 3.8) is 0 Å². The molecule has 0 saturated heterocycles. The van der Waals surface area contributed by atoms with Crippen molar-refractivity contribution in [1.29, 1.82) is 0 Å². The maximum absolute atomic E-state index is 10.8. The van der Waals surface area contributed by atoms with E-state index < -0.39 is 5.97 Å². The predicted octanol–water partition coefficient (Wildman–Crippen LogP) is 3.04. The quantitative estimate of drug-likeness (QED) is 0.734. The Kier molecular flexibility index (Phi) is 3.05. The molecule has 0 aromatic heterocycles. The number of halogens is 1. The molecular weight excluding hydrogens is 200 g/mol. The summed E-state index contributed by atoms with van der Waals surface area (Å²) < 4.78 is 0. The lowest BCUT2D eigenvalue weighted by Crippen LogP contribution is -2.02. The zero-order chi connectivity index (χ0) is 10.9. The van der Waals surface area contributed by atoms with Crippen molar-refractivity contribution < 1.29 is 9.90 Å². The average molecular weight is 215 g/mol. The molecule has 0 aromatic rings. The number of carboxylic acids is 1. The molecule has 2 unspecified atom stereocenters. The fourth-order valence-corrected chi connectivity index (χ4v) is 1.89. The Bertz CT molecular complexity index is 298. The monoisotopic (exact) mass is 214 g/mol. The van der Waals surface area contributed by atoms with Crippen molar-refractivity contribution in [1.82, 2.24) is 0 Å². The number of allylic oxidation sites excluding steroid dienone is 4. The second-order valence-corrected chi connectivity index (χ2v) is 4.90. The molecule has 3 heteroatoms. The SMILES string of the molecule is C/C(Cl)=C/C=C/C1C(C(=O)O)C1(C)C. The molecule has 1 saturated carbocycles. The highest BCUT2D eigenvalue weighted by Crippen LogP contribution is 2.59. The summed E-state index contributed by atoms with van der Waals surface area (Å²) >= 11 is 5.65. The summed E-state index contributed by atoms with van der Waals surface area (Å²) in [6.07, 6.45) is 5.53. The van der Waals surface area contributed by atoms with Crippen molar-refractivity contribution in [2.45, 2.75) is 20.8 Å². The Morgan fingerprint density at radius 3 is 2.43 bits per heavy atom. The lowest BCUT2D eigenvalue weighted by Gasteiger charge is -1.95. The lowest BCUT2D eigenvalue weighted by molar-refractivity contribution is -0.139. The van der Waals surface area contributed by atoms with Gasteiger partial charge in [-0.3, -0.25) is 4.79 Å². The van der Waals surface area contributed by atoms with E-state index in [-0.39, 0.29) is 17.3 Å². The van der Waals surface area contributed by atoms with E-state index in [9.17, 15) is 4.79 Å². The van der Waals surface area contributed by atoms with E-state index in [1.54, 1.807) is 13.0 Å². The molecule has 0 aliphatic heterocycles. The Hall–Kier alpha value is -0.760. The van der Waals surface area contributed by atoms with Gasteiger partial charge in [-0.1, -0.05) is 37.6 Å². The van der Waals surface area contributed by atoms with Gasteiger partial charge in [0.2, 0.25) is 0 Å². The maximum Gasteiger partial charge on any atom is 0.307 e. The van der Waals surface area contributed by atoms with Crippen molar-refractivity contribution >= 4 is 17.6 Å². The fourth-order valence-electron chi connectivity index (χ4n) is 1.82. The van der Waals surface area contributed by atoms with Gasteiger partial charge in [-0.25, -0.2) is 0 Å². The normalized spacial score (nSPS) is 30.7. The Labute approximate surface area is 89.3 Å². The number of carbonyl (C=O) groups is 1. The fraction of sp³-hybridized carbons (Fsp3) is 0.545. The second-order valence-electron chi connectivity index (χ2n) is 4.30. The van der Waals surface area contributed by atoms with Crippen molar-refractivity contribution in [2.75, 3.05) is 0 Å². The molecule has 1 N–H and O–H groups in total. The molecule has 1 rings (SSSR count). The second kappa shape index (κ2) is 3.77. The third-order valence-corrected chi connectivity index (χ3v) is 2.95. The van der Waals surface area contributed by atoms with Crippen LogP contribution in [0.15, 0.2) is 23.3 Å². The highest BCUT2D eigenvalue weighted by molar-refractivity contribution is 6.29. The lowest BCUT2D eigenvalue weighted by atomic mass is 10.1. The van der Waals surface area contributed by atoms with Crippen molar-refractivity contribution in [3.8, 4) is 0 Å². The van der Waals surface area contributed by atoms with Gasteiger partial charge in [-0.15, -0.1) is 0 Å². The molecule has 1 aliphatic carbocycles. The third kappa shape index (κ3) is 2.18. The van der Waals surface area contributed by atoms with Gasteiger partial charge in [0.25, 0.3) is 0 Å². The number of carboxylic acid groups (broad SMARTS) is 1. The minimum absolute atomic E-state index is 0.115. The molecule has 2 atom stereocenters. The van der Waals surface area contributed by atoms with Crippen LogP contribution >= 0.6 is 11.6 Å². The van der Waals surface area contributed by atoms with E-state index in [2.05, 4.69) is 0 Å². The number of hydrogen-bond acceptors (Lipinski definition) is 1. The topological polar surface area (TPSA) is 37.3 Å². The van der Waals surface area contributed by atoms with Gasteiger partial charge in [0.15, 0.2) is 0 Å². The molecule has 0 bridgehead atoms. The molecule has 0 aromatic carbocycles. The molecule has 1 aliphatic rings. The first-order valence-electron chi connectivity index (χ1n) is 4.60. The molecule has 2 nitrogen and oxygen atoms in total. The van der Waals surface area contributed by atoms with Gasteiger partial charge in [0.1, 0.15) is 0 Å². The first-order valence-corrected chi connectivity index (χ1v) is 4.98. The Balaban J connectivity index is 2.62. The Morgan fingerprint density at radius 1 is 1.50 bits per heavy atom. The molecule has 0 radical (unpaired) electrons. The molecule has 0 heterocycles. The zero-order valence-electron chi connectivity index (χ0n) is 8.62. The Morgan fingerprint density at radius 2 is 2.07 bits per heavy atom. The summed E-state index contributed by atoms with van der Waals surface area (Å²) in [5.41, 5.74) is -0.115. The number of hydrogen-bond donors (Lipinski definition) is 1. The van der Waals surface area contributed by atoms with Crippen LogP contribution in [0.5, 0.6) is 0 Å². The smallest absolute Gasteiger partial charge is 0.307 e. The third-order valence-electron chi connectivity index (χ3n) is 2.82. The largest absolute Gasteiger partial charge is 0.481 e. The van der Waals surface area contributed by atoms with Gasteiger partial charge in [-0.05, 0) is 24.3 Å². The van der Waals surface area contributed by atoms with Crippen LogP contribution in [0.1, 0.15) is 20.8 Å². The zero-order valence-corrected chi connectivity index (χ0v) is 9.38. The van der Waals surface area contributed by atoms with Crippen LogP contribution in [0, 0.1) is 17.3 Å². The van der Waals surface area contributed by atoms with E-state index in [4.69, 9.17) is 16.7 Å². The van der Waals surface area contributed by atoms with Crippen LogP contribution in [0.25, 0.3) is 0 Å². The molecule has 0 amide bonds. The standard InChI is InChI=1S/C11H15ClO2/c1-7(12)5-4-6-8-9(10(13)14)11(8,2)3/h4-6,8-9H,1-3H3,(H,13,14)/b6-4+,7-5-. The van der Waals surface area contributed by atoms with Gasteiger partial charge in [-0.2, -0.15) is 0 Å². The van der Waals surface area contributed by atoms with Crippen LogP contribution in [-0.4, -0.2) is 11.1 Å². The summed E-state index contributed by atoms with van der Waals surface area (Å²) in [6.45, 7) is 5.73. The van der Waals surface area contributed by atoms with Gasteiger partial charge >= 0.3 is 5.97 Å². The molecule has 1 fully saturated rings. The first kappa shape index (κ1) is 11.3. The summed E-state index contributed by atoms with van der Waals surface area (Å²) in [7, 11) is 0. The van der Waals surface area contributed by atoms with E-state index in [0.29, 0.717) is 5.03 Å². The maximum atomic E-state index is 10.8. The van der Waals surface area contributed by atoms with Gasteiger partial charge < -0.3 is 5.11 Å². The summed E-state index contributed by atoms with van der Waals surface area (Å²) in [6, 6.07) is 0. The van der Waals surface area contributed by atoms with Crippen LogP contribution in [0.3, 0.4) is 0 Å². The van der Waals surface area contributed by atoms with E-state index >= 15 is 0 Å². The van der Waals surface area contributed by atoms with Crippen LogP contribution in [0.2, 0.25) is 0 Å². The molecule has 14 heavy (non-hydrogen) atoms. The van der Waals surface area contributed by atoms with E-state index in [0.717, 1.165) is 0 Å². The van der Waals surface area contributed by atoms with Crippen molar-refractivity contribution in [2.24, 2.45) is 17.3 Å². The van der Waals surface area contributed by atoms with E-state index in [1.807, 2.05) is 26.0 Å². The van der Waals surface area contributed by atoms with Crippen LogP contribution < -0.4 is 0 Å². The summed E-state index contributed by atoms with van der Waals surface area (Å²) in [5.74, 6) is -0.828. The minimum Gasteiger partial charge on any atom is -0.481 e. The highest BCUT2D eigenvalue weighted by Gasteiger charge is 2.60. The van der Waals surface area contributed by atoms with Gasteiger partial charge in [0.05, 0.1) is 5.92 Å².